The van der Waals surface area contributed by atoms with E-state index in [1.54, 1.807) is 0 Å². The molecule has 2 saturated heterocycles. The van der Waals surface area contributed by atoms with Crippen molar-refractivity contribution in [2.24, 2.45) is 5.92 Å². The number of carbonyl (C=O) groups excluding carboxylic acids is 1. The molecule has 0 saturated carbocycles. The van der Waals surface area contributed by atoms with Gasteiger partial charge in [-0.2, -0.15) is 0 Å². The molecular formula is C17H23FN2O. The Morgan fingerprint density at radius 1 is 1.14 bits per heavy atom. The van der Waals surface area contributed by atoms with E-state index in [-0.39, 0.29) is 18.5 Å². The second-order valence-electron chi connectivity index (χ2n) is 6.26. The highest BCUT2D eigenvalue weighted by atomic mass is 19.1. The minimum Gasteiger partial charge on any atom is -0.339 e. The molecule has 0 radical (unpaired) electrons. The molecule has 3 rings (SSSR count). The van der Waals surface area contributed by atoms with E-state index >= 15 is 0 Å². The minimum atomic E-state index is -0.366. The average molecular weight is 290 g/mol. The van der Waals surface area contributed by atoms with Crippen molar-refractivity contribution in [3.63, 3.8) is 0 Å². The zero-order valence-corrected chi connectivity index (χ0v) is 12.4. The van der Waals surface area contributed by atoms with Crippen molar-refractivity contribution in [2.45, 2.75) is 31.8 Å². The molecule has 2 aliphatic heterocycles. The van der Waals surface area contributed by atoms with Crippen LogP contribution < -0.4 is 0 Å². The maximum Gasteiger partial charge on any atom is 0.223 e. The smallest absolute Gasteiger partial charge is 0.223 e. The predicted octanol–water partition coefficient (Wildman–Crippen LogP) is 2.47. The molecule has 0 bridgehead atoms. The largest absolute Gasteiger partial charge is 0.339 e. The Labute approximate surface area is 125 Å². The molecule has 1 amide bonds. The fourth-order valence-electron chi connectivity index (χ4n) is 3.50. The average Bonchev–Trinajstić information content (AvgIpc) is 2.90. The summed E-state index contributed by atoms with van der Waals surface area (Å²) in [7, 11) is 0. The molecule has 2 heterocycles. The summed E-state index contributed by atoms with van der Waals surface area (Å²) >= 11 is 0. The fraction of sp³-hybridized carbons (Fsp3) is 0.588. The first-order valence-corrected chi connectivity index (χ1v) is 7.88. The maximum atomic E-state index is 12.7. The molecule has 3 nitrogen and oxygen atoms in total. The van der Waals surface area contributed by atoms with Crippen LogP contribution in [0.25, 0.3) is 0 Å². The van der Waals surface area contributed by atoms with E-state index in [1.807, 2.05) is 11.0 Å². The number of carbonyl (C=O) groups is 1. The summed E-state index contributed by atoms with van der Waals surface area (Å²) in [5.41, 5.74) is 1.34. The van der Waals surface area contributed by atoms with E-state index in [9.17, 15) is 9.18 Å². The highest BCUT2D eigenvalue weighted by Gasteiger charge is 2.35. The van der Waals surface area contributed by atoms with Crippen molar-refractivity contribution in [2.75, 3.05) is 26.3 Å². The van der Waals surface area contributed by atoms with Gasteiger partial charge >= 0.3 is 0 Å². The summed E-state index contributed by atoms with van der Waals surface area (Å²) in [6.45, 7) is 3.27. The lowest BCUT2D eigenvalue weighted by molar-refractivity contribution is -0.130. The number of piperidine rings is 1. The maximum absolute atomic E-state index is 12.7. The van der Waals surface area contributed by atoms with Gasteiger partial charge in [-0.05, 0) is 18.4 Å². The predicted molar refractivity (Wildman–Crippen MR) is 80.5 cm³/mol. The number of hydrogen-bond acceptors (Lipinski definition) is 2. The topological polar surface area (TPSA) is 23.6 Å². The van der Waals surface area contributed by atoms with Crippen molar-refractivity contribution in [1.29, 1.82) is 0 Å². The van der Waals surface area contributed by atoms with Crippen LogP contribution in [0.2, 0.25) is 0 Å². The monoisotopic (exact) mass is 290 g/mol. The molecule has 4 heteroatoms. The molecule has 1 atom stereocenters. The number of rotatable bonds is 4. The molecule has 0 aliphatic carbocycles. The van der Waals surface area contributed by atoms with E-state index < -0.39 is 0 Å². The molecule has 0 spiro atoms. The second kappa shape index (κ2) is 6.56. The van der Waals surface area contributed by atoms with Crippen molar-refractivity contribution >= 4 is 5.91 Å². The first kappa shape index (κ1) is 14.5. The SMILES string of the molecule is O=C1CC(CF)CN1C1CCN(Cc2ccccc2)CC1. The molecule has 1 aromatic carbocycles. The van der Waals surface area contributed by atoms with Gasteiger partial charge in [0.2, 0.25) is 5.91 Å². The van der Waals surface area contributed by atoms with Crippen LogP contribution in [0.3, 0.4) is 0 Å². The molecule has 2 fully saturated rings. The van der Waals surface area contributed by atoms with E-state index in [4.69, 9.17) is 0 Å². The van der Waals surface area contributed by atoms with Crippen LogP contribution in [-0.4, -0.2) is 48.1 Å². The molecule has 0 aromatic heterocycles. The number of halogens is 1. The van der Waals surface area contributed by atoms with Gasteiger partial charge in [0, 0.05) is 44.6 Å². The van der Waals surface area contributed by atoms with Crippen LogP contribution in [0.5, 0.6) is 0 Å². The van der Waals surface area contributed by atoms with E-state index in [0.717, 1.165) is 32.5 Å². The van der Waals surface area contributed by atoms with Crippen molar-refractivity contribution in [3.8, 4) is 0 Å². The number of alkyl halides is 1. The van der Waals surface area contributed by atoms with Gasteiger partial charge in [0.15, 0.2) is 0 Å². The summed E-state index contributed by atoms with van der Waals surface area (Å²) in [6.07, 6.45) is 2.43. The van der Waals surface area contributed by atoms with Crippen LogP contribution in [0, 0.1) is 5.92 Å². The number of amides is 1. The zero-order chi connectivity index (χ0) is 14.7. The van der Waals surface area contributed by atoms with Gasteiger partial charge in [0.1, 0.15) is 0 Å². The van der Waals surface area contributed by atoms with Crippen LogP contribution in [0.1, 0.15) is 24.8 Å². The standard InChI is InChI=1S/C17H23FN2O/c18-11-15-10-17(21)20(13-15)16-6-8-19(9-7-16)12-14-4-2-1-3-5-14/h1-5,15-16H,6-13H2. The molecule has 114 valence electrons. The fourth-order valence-corrected chi connectivity index (χ4v) is 3.50. The third-order valence-electron chi connectivity index (χ3n) is 4.70. The lowest BCUT2D eigenvalue weighted by Crippen LogP contribution is -2.45. The lowest BCUT2D eigenvalue weighted by Gasteiger charge is -2.36. The number of nitrogens with zero attached hydrogens (tertiary/aromatic N) is 2. The highest BCUT2D eigenvalue weighted by molar-refractivity contribution is 5.79. The Kier molecular flexibility index (Phi) is 4.54. The Bertz CT molecular complexity index is 471. The second-order valence-corrected chi connectivity index (χ2v) is 6.26. The van der Waals surface area contributed by atoms with Crippen molar-refractivity contribution in [1.82, 2.24) is 9.80 Å². The molecular weight excluding hydrogens is 267 g/mol. The van der Waals surface area contributed by atoms with E-state index in [0.29, 0.717) is 19.0 Å². The molecule has 1 unspecified atom stereocenters. The summed E-state index contributed by atoms with van der Waals surface area (Å²) < 4.78 is 12.7. The molecule has 1 aromatic rings. The Hall–Kier alpha value is -1.42. The third-order valence-corrected chi connectivity index (χ3v) is 4.70. The number of likely N-dealkylation sites (tertiary alicyclic amines) is 2. The van der Waals surface area contributed by atoms with Gasteiger partial charge in [0.05, 0.1) is 6.67 Å². The van der Waals surface area contributed by atoms with Gasteiger partial charge in [0.25, 0.3) is 0 Å². The van der Waals surface area contributed by atoms with Crippen LogP contribution in [0.15, 0.2) is 30.3 Å². The summed E-state index contributed by atoms with van der Waals surface area (Å²) in [6, 6.07) is 10.8. The molecule has 21 heavy (non-hydrogen) atoms. The van der Waals surface area contributed by atoms with Crippen LogP contribution >= 0.6 is 0 Å². The van der Waals surface area contributed by atoms with Crippen LogP contribution in [0.4, 0.5) is 4.39 Å². The van der Waals surface area contributed by atoms with Crippen molar-refractivity contribution in [3.05, 3.63) is 35.9 Å². The van der Waals surface area contributed by atoms with Gasteiger partial charge in [-0.1, -0.05) is 30.3 Å². The van der Waals surface area contributed by atoms with Gasteiger partial charge in [-0.25, -0.2) is 0 Å². The third kappa shape index (κ3) is 3.43. The lowest BCUT2D eigenvalue weighted by atomic mass is 10.0. The van der Waals surface area contributed by atoms with Crippen molar-refractivity contribution < 1.29 is 9.18 Å². The summed E-state index contributed by atoms with van der Waals surface area (Å²) in [4.78, 5) is 16.3. The number of benzene rings is 1. The number of hydrogen-bond donors (Lipinski definition) is 0. The first-order chi connectivity index (χ1) is 10.3. The molecule has 0 N–H and O–H groups in total. The Morgan fingerprint density at radius 3 is 2.48 bits per heavy atom. The summed E-state index contributed by atoms with van der Waals surface area (Å²) in [5.74, 6) is 0.0824. The molecule has 2 aliphatic rings. The quantitative estimate of drug-likeness (QED) is 0.850. The van der Waals surface area contributed by atoms with E-state index in [2.05, 4.69) is 29.2 Å². The van der Waals surface area contributed by atoms with Gasteiger partial charge < -0.3 is 4.90 Å². The Morgan fingerprint density at radius 2 is 1.86 bits per heavy atom. The Balaban J connectivity index is 1.50. The highest BCUT2D eigenvalue weighted by Crippen LogP contribution is 2.26. The van der Waals surface area contributed by atoms with Crippen LogP contribution in [-0.2, 0) is 11.3 Å². The normalized spacial score (nSPS) is 24.7. The van der Waals surface area contributed by atoms with E-state index in [1.165, 1.54) is 5.56 Å². The first-order valence-electron chi connectivity index (χ1n) is 7.88. The zero-order valence-electron chi connectivity index (χ0n) is 12.4. The summed E-state index contributed by atoms with van der Waals surface area (Å²) in [5, 5.41) is 0. The minimum absolute atomic E-state index is 0.0696. The van der Waals surface area contributed by atoms with Gasteiger partial charge in [-0.3, -0.25) is 14.1 Å². The van der Waals surface area contributed by atoms with Gasteiger partial charge in [-0.15, -0.1) is 0 Å².